The van der Waals surface area contributed by atoms with E-state index in [-0.39, 0.29) is 11.9 Å². The number of benzene rings is 1. The summed E-state index contributed by atoms with van der Waals surface area (Å²) in [6.45, 7) is 6.21. The molecule has 4 rings (SSSR count). The lowest BCUT2D eigenvalue weighted by atomic mass is 10.1. The minimum absolute atomic E-state index is 0.190. The normalized spacial score (nSPS) is 25.3. The van der Waals surface area contributed by atoms with Crippen molar-refractivity contribution in [3.05, 3.63) is 41.7 Å². The van der Waals surface area contributed by atoms with E-state index >= 15 is 0 Å². The van der Waals surface area contributed by atoms with Crippen molar-refractivity contribution in [2.75, 3.05) is 18.5 Å². The molecule has 3 amide bonds. The fourth-order valence-electron chi connectivity index (χ4n) is 3.73. The summed E-state index contributed by atoms with van der Waals surface area (Å²) < 4.78 is 0. The monoisotopic (exact) mass is 339 g/mol. The molecule has 130 valence electrons. The molecule has 2 atom stereocenters. The van der Waals surface area contributed by atoms with Crippen LogP contribution < -0.4 is 4.90 Å². The zero-order chi connectivity index (χ0) is 17.9. The molecular weight excluding hydrogens is 318 g/mol. The largest absolute Gasteiger partial charge is 0.328 e. The number of anilines is 1. The number of carbonyl (C=O) groups excluding carboxylic acids is 2. The standard InChI is InChI=1S/C18H21N5O2/c1-5-21-16(24)14-15(20(4)18(21)25)19-17-22(14)10-12(3)23(17)13-8-6-7-11(2)9-13/h6-10,14-15H,5H2,1-4H3. The van der Waals surface area contributed by atoms with Crippen LogP contribution in [0.2, 0.25) is 0 Å². The van der Waals surface area contributed by atoms with E-state index in [0.29, 0.717) is 12.5 Å². The van der Waals surface area contributed by atoms with Crippen LogP contribution >= 0.6 is 0 Å². The molecule has 0 aliphatic carbocycles. The van der Waals surface area contributed by atoms with Gasteiger partial charge >= 0.3 is 6.03 Å². The van der Waals surface area contributed by atoms with Gasteiger partial charge in [-0.3, -0.25) is 14.6 Å². The molecule has 1 saturated heterocycles. The van der Waals surface area contributed by atoms with Crippen LogP contribution in [0.4, 0.5) is 10.5 Å². The van der Waals surface area contributed by atoms with Gasteiger partial charge in [0.1, 0.15) is 0 Å². The smallest absolute Gasteiger partial charge is 0.302 e. The lowest BCUT2D eigenvalue weighted by Gasteiger charge is -2.39. The van der Waals surface area contributed by atoms with Crippen LogP contribution in [0, 0.1) is 6.92 Å². The Bertz CT molecular complexity index is 831. The lowest BCUT2D eigenvalue weighted by molar-refractivity contribution is -0.136. The first-order valence-electron chi connectivity index (χ1n) is 8.43. The molecule has 0 bridgehead atoms. The molecule has 0 spiro atoms. The Morgan fingerprint density at radius 2 is 1.96 bits per heavy atom. The van der Waals surface area contributed by atoms with E-state index in [0.717, 1.165) is 16.9 Å². The second-order valence-corrected chi connectivity index (χ2v) is 6.62. The number of allylic oxidation sites excluding steroid dienone is 1. The number of aryl methyl sites for hydroxylation is 1. The topological polar surface area (TPSA) is 59.5 Å². The zero-order valence-corrected chi connectivity index (χ0v) is 14.8. The van der Waals surface area contributed by atoms with Gasteiger partial charge in [0.25, 0.3) is 5.91 Å². The Morgan fingerprint density at radius 3 is 2.64 bits per heavy atom. The number of likely N-dealkylation sites (N-methyl/N-ethyl adjacent to an activating group) is 2. The van der Waals surface area contributed by atoms with Gasteiger partial charge in [0, 0.05) is 31.2 Å². The van der Waals surface area contributed by atoms with E-state index in [4.69, 9.17) is 4.99 Å². The summed E-state index contributed by atoms with van der Waals surface area (Å²) in [5, 5.41) is 0. The maximum Gasteiger partial charge on any atom is 0.328 e. The van der Waals surface area contributed by atoms with Crippen LogP contribution in [0.3, 0.4) is 0 Å². The number of imide groups is 1. The molecule has 7 heteroatoms. The summed E-state index contributed by atoms with van der Waals surface area (Å²) >= 11 is 0. The first kappa shape index (κ1) is 15.7. The van der Waals surface area contributed by atoms with Crippen LogP contribution in [0.1, 0.15) is 19.4 Å². The van der Waals surface area contributed by atoms with E-state index in [9.17, 15) is 9.59 Å². The van der Waals surface area contributed by atoms with Crippen molar-refractivity contribution in [3.63, 3.8) is 0 Å². The maximum atomic E-state index is 12.9. The van der Waals surface area contributed by atoms with Crippen LogP contribution in [0.25, 0.3) is 0 Å². The highest BCUT2D eigenvalue weighted by atomic mass is 16.2. The Hall–Kier alpha value is -2.83. The van der Waals surface area contributed by atoms with Crippen molar-refractivity contribution in [1.82, 2.24) is 14.7 Å². The van der Waals surface area contributed by atoms with E-state index in [2.05, 4.69) is 6.07 Å². The van der Waals surface area contributed by atoms with Crippen molar-refractivity contribution >= 4 is 23.6 Å². The van der Waals surface area contributed by atoms with Gasteiger partial charge < -0.3 is 9.80 Å². The summed E-state index contributed by atoms with van der Waals surface area (Å²) in [5.41, 5.74) is 3.15. The van der Waals surface area contributed by atoms with Crippen molar-refractivity contribution in [2.24, 2.45) is 4.99 Å². The van der Waals surface area contributed by atoms with E-state index in [1.54, 1.807) is 11.9 Å². The fourth-order valence-corrected chi connectivity index (χ4v) is 3.73. The molecule has 0 N–H and O–H groups in total. The van der Waals surface area contributed by atoms with Crippen molar-refractivity contribution < 1.29 is 9.59 Å². The van der Waals surface area contributed by atoms with Crippen molar-refractivity contribution in [2.45, 2.75) is 33.0 Å². The van der Waals surface area contributed by atoms with E-state index < -0.39 is 12.2 Å². The Morgan fingerprint density at radius 1 is 1.20 bits per heavy atom. The maximum absolute atomic E-state index is 12.9. The molecular formula is C18H21N5O2. The molecule has 0 saturated carbocycles. The third-order valence-electron chi connectivity index (χ3n) is 4.96. The molecule has 1 aromatic rings. The molecule has 25 heavy (non-hydrogen) atoms. The average Bonchev–Trinajstić information content (AvgIpc) is 3.08. The average molecular weight is 339 g/mol. The zero-order valence-electron chi connectivity index (χ0n) is 14.8. The first-order chi connectivity index (χ1) is 11.9. The van der Waals surface area contributed by atoms with Gasteiger partial charge in [-0.2, -0.15) is 0 Å². The molecule has 3 aliphatic heterocycles. The Kier molecular flexibility index (Phi) is 3.35. The summed E-state index contributed by atoms with van der Waals surface area (Å²) in [6, 6.07) is 7.36. The number of guanidine groups is 1. The number of nitrogens with zero attached hydrogens (tertiary/aromatic N) is 5. The number of aliphatic imine (C=N–C) groups is 1. The van der Waals surface area contributed by atoms with Gasteiger partial charge in [0.2, 0.25) is 5.96 Å². The minimum atomic E-state index is -0.498. The van der Waals surface area contributed by atoms with E-state index in [1.807, 2.05) is 55.0 Å². The van der Waals surface area contributed by atoms with Gasteiger partial charge in [0.15, 0.2) is 12.2 Å². The number of fused-ring (bicyclic) bond motifs is 3. The molecule has 1 fully saturated rings. The lowest BCUT2D eigenvalue weighted by Crippen LogP contribution is -2.64. The molecule has 3 heterocycles. The Balaban J connectivity index is 1.76. The van der Waals surface area contributed by atoms with Crippen LogP contribution in [-0.2, 0) is 4.79 Å². The van der Waals surface area contributed by atoms with Gasteiger partial charge in [0.05, 0.1) is 0 Å². The number of hydrogen-bond donors (Lipinski definition) is 0. The van der Waals surface area contributed by atoms with Crippen molar-refractivity contribution in [3.8, 4) is 0 Å². The minimum Gasteiger partial charge on any atom is -0.302 e. The molecule has 3 aliphatic rings. The predicted molar refractivity (Wildman–Crippen MR) is 94.8 cm³/mol. The number of rotatable bonds is 2. The molecule has 1 aromatic carbocycles. The van der Waals surface area contributed by atoms with Gasteiger partial charge in [-0.25, -0.2) is 9.79 Å². The van der Waals surface area contributed by atoms with Gasteiger partial charge in [-0.05, 0) is 38.5 Å². The second-order valence-electron chi connectivity index (χ2n) is 6.62. The molecule has 0 radical (unpaired) electrons. The van der Waals surface area contributed by atoms with Gasteiger partial charge in [-0.1, -0.05) is 12.1 Å². The second kappa shape index (κ2) is 5.34. The summed E-state index contributed by atoms with van der Waals surface area (Å²) in [4.78, 5) is 36.8. The molecule has 2 unspecified atom stereocenters. The highest BCUT2D eigenvalue weighted by Crippen LogP contribution is 2.36. The number of urea groups is 1. The quantitative estimate of drug-likeness (QED) is 0.826. The number of hydrogen-bond acceptors (Lipinski definition) is 5. The SMILES string of the molecule is CCN1C(=O)C2C(N=C3N(c4cccc(C)c4)C(C)=CN32)N(C)C1=O. The number of amides is 3. The highest BCUT2D eigenvalue weighted by Gasteiger charge is 2.54. The van der Waals surface area contributed by atoms with Crippen molar-refractivity contribution in [1.29, 1.82) is 0 Å². The number of carbonyl (C=O) groups is 2. The van der Waals surface area contributed by atoms with Crippen LogP contribution in [0.5, 0.6) is 0 Å². The van der Waals surface area contributed by atoms with Crippen LogP contribution in [-0.4, -0.2) is 58.4 Å². The summed E-state index contributed by atoms with van der Waals surface area (Å²) in [6.07, 6.45) is 1.45. The molecule has 7 nitrogen and oxygen atoms in total. The third kappa shape index (κ3) is 2.08. The summed E-state index contributed by atoms with van der Waals surface area (Å²) in [7, 11) is 1.70. The summed E-state index contributed by atoms with van der Waals surface area (Å²) in [5.74, 6) is 0.508. The highest BCUT2D eigenvalue weighted by molar-refractivity contribution is 6.09. The fraction of sp³-hybridized carbons (Fsp3) is 0.389. The van der Waals surface area contributed by atoms with Gasteiger partial charge in [-0.15, -0.1) is 0 Å². The Labute approximate surface area is 146 Å². The third-order valence-corrected chi connectivity index (χ3v) is 4.96. The molecule has 0 aromatic heterocycles. The first-order valence-corrected chi connectivity index (χ1v) is 8.43. The van der Waals surface area contributed by atoms with Crippen LogP contribution in [0.15, 0.2) is 41.2 Å². The van der Waals surface area contributed by atoms with E-state index in [1.165, 1.54) is 4.90 Å². The predicted octanol–water partition coefficient (Wildman–Crippen LogP) is 1.96.